The van der Waals surface area contributed by atoms with Crippen LogP contribution in [0.5, 0.6) is 5.75 Å². The average Bonchev–Trinajstić information content (AvgIpc) is 2.62. The van der Waals surface area contributed by atoms with E-state index < -0.39 is 0 Å². The van der Waals surface area contributed by atoms with Gasteiger partial charge in [-0.1, -0.05) is 18.0 Å². The minimum Gasteiger partial charge on any atom is -0.493 e. The van der Waals surface area contributed by atoms with Gasteiger partial charge in [0.1, 0.15) is 5.75 Å². The molecule has 0 spiro atoms. The summed E-state index contributed by atoms with van der Waals surface area (Å²) < 4.78 is 5.74. The molecule has 1 atom stereocenters. The molecule has 16 heavy (non-hydrogen) atoms. The van der Waals surface area contributed by atoms with Crippen molar-refractivity contribution in [2.75, 3.05) is 6.61 Å². The van der Waals surface area contributed by atoms with E-state index in [-0.39, 0.29) is 6.04 Å². The van der Waals surface area contributed by atoms with Gasteiger partial charge in [-0.2, -0.15) is 0 Å². The molecule has 1 aromatic carbocycles. The van der Waals surface area contributed by atoms with E-state index in [0.29, 0.717) is 0 Å². The Morgan fingerprint density at radius 1 is 1.31 bits per heavy atom. The first kappa shape index (κ1) is 10.4. The van der Waals surface area contributed by atoms with Crippen LogP contribution < -0.4 is 10.5 Å². The lowest BCUT2D eigenvalue weighted by Crippen LogP contribution is -2.11. The minimum atomic E-state index is 0.0829. The third-order valence-electron chi connectivity index (χ3n) is 3.63. The first-order valence-electron chi connectivity index (χ1n) is 6.00. The standard InChI is InChI=1S/C13H16ClNO/c14-10-7-8-5-6-16-13(8)9-3-1-2-4-11(15)12(9)10/h7,11H,1-6,15H2/t11-/m1/s1. The zero-order valence-corrected chi connectivity index (χ0v) is 10.0. The van der Waals surface area contributed by atoms with E-state index in [1.54, 1.807) is 0 Å². The Balaban J connectivity index is 2.21. The lowest BCUT2D eigenvalue weighted by Gasteiger charge is -2.17. The molecular weight excluding hydrogens is 222 g/mol. The zero-order chi connectivity index (χ0) is 11.1. The van der Waals surface area contributed by atoms with Gasteiger partial charge in [-0.05, 0) is 36.5 Å². The molecule has 0 saturated carbocycles. The van der Waals surface area contributed by atoms with Crippen molar-refractivity contribution in [2.45, 2.75) is 38.1 Å². The van der Waals surface area contributed by atoms with Crippen molar-refractivity contribution in [3.8, 4) is 5.75 Å². The second kappa shape index (κ2) is 3.94. The van der Waals surface area contributed by atoms with Crippen molar-refractivity contribution in [2.24, 2.45) is 5.73 Å². The van der Waals surface area contributed by atoms with E-state index in [1.807, 2.05) is 6.07 Å². The highest BCUT2D eigenvalue weighted by molar-refractivity contribution is 6.31. The molecule has 2 aliphatic rings. The third kappa shape index (κ3) is 1.52. The first-order valence-corrected chi connectivity index (χ1v) is 6.37. The van der Waals surface area contributed by atoms with E-state index in [2.05, 4.69) is 0 Å². The fourth-order valence-electron chi connectivity index (χ4n) is 2.84. The predicted molar refractivity (Wildman–Crippen MR) is 65.1 cm³/mol. The smallest absolute Gasteiger partial charge is 0.126 e. The number of halogens is 1. The van der Waals surface area contributed by atoms with E-state index in [1.165, 1.54) is 24.0 Å². The number of ether oxygens (including phenoxy) is 1. The van der Waals surface area contributed by atoms with Crippen LogP contribution in [0.2, 0.25) is 5.02 Å². The summed E-state index contributed by atoms with van der Waals surface area (Å²) >= 11 is 6.36. The van der Waals surface area contributed by atoms with Crippen LogP contribution in [0.25, 0.3) is 0 Å². The maximum Gasteiger partial charge on any atom is 0.126 e. The molecule has 0 unspecified atom stereocenters. The Bertz CT molecular complexity index is 430. The number of hydrogen-bond donors (Lipinski definition) is 1. The van der Waals surface area contributed by atoms with Crippen LogP contribution in [0, 0.1) is 0 Å². The topological polar surface area (TPSA) is 35.2 Å². The van der Waals surface area contributed by atoms with E-state index in [0.717, 1.165) is 42.2 Å². The first-order chi connectivity index (χ1) is 7.77. The summed E-state index contributed by atoms with van der Waals surface area (Å²) in [6, 6.07) is 2.13. The highest BCUT2D eigenvalue weighted by Gasteiger charge is 2.26. The molecule has 0 amide bonds. The molecular formula is C13H16ClNO. The molecule has 3 rings (SSSR count). The van der Waals surface area contributed by atoms with Crippen molar-refractivity contribution in [1.82, 2.24) is 0 Å². The van der Waals surface area contributed by atoms with Gasteiger partial charge >= 0.3 is 0 Å². The molecule has 0 bridgehead atoms. The van der Waals surface area contributed by atoms with Gasteiger partial charge in [0.2, 0.25) is 0 Å². The van der Waals surface area contributed by atoms with Gasteiger partial charge in [0.25, 0.3) is 0 Å². The van der Waals surface area contributed by atoms with Gasteiger partial charge < -0.3 is 10.5 Å². The summed E-state index contributed by atoms with van der Waals surface area (Å²) in [6.45, 7) is 0.789. The van der Waals surface area contributed by atoms with Crippen molar-refractivity contribution in [1.29, 1.82) is 0 Å². The summed E-state index contributed by atoms with van der Waals surface area (Å²) in [7, 11) is 0. The Morgan fingerprint density at radius 3 is 3.06 bits per heavy atom. The lowest BCUT2D eigenvalue weighted by molar-refractivity contribution is 0.353. The second-order valence-corrected chi connectivity index (χ2v) is 5.10. The van der Waals surface area contributed by atoms with Crippen molar-refractivity contribution in [3.63, 3.8) is 0 Å². The normalized spacial score (nSPS) is 23.2. The minimum absolute atomic E-state index is 0.0829. The molecule has 1 aliphatic heterocycles. The molecule has 0 aromatic heterocycles. The van der Waals surface area contributed by atoms with Crippen molar-refractivity contribution >= 4 is 11.6 Å². The Labute approximate surface area is 101 Å². The molecule has 1 aromatic rings. The molecule has 1 heterocycles. The van der Waals surface area contributed by atoms with Gasteiger partial charge in [0.15, 0.2) is 0 Å². The SMILES string of the molecule is N[C@@H]1CCCCc2c3c(cc(Cl)c21)CCO3. The average molecular weight is 238 g/mol. The molecule has 2 N–H and O–H groups in total. The molecule has 0 saturated heterocycles. The second-order valence-electron chi connectivity index (χ2n) is 4.69. The highest BCUT2D eigenvalue weighted by Crippen LogP contribution is 2.42. The van der Waals surface area contributed by atoms with Crippen LogP contribution >= 0.6 is 11.6 Å². The maximum absolute atomic E-state index is 6.36. The number of rotatable bonds is 0. The van der Waals surface area contributed by atoms with Crippen LogP contribution in [0.3, 0.4) is 0 Å². The van der Waals surface area contributed by atoms with Gasteiger partial charge in [-0.25, -0.2) is 0 Å². The predicted octanol–water partition coefficient (Wildman–Crippen LogP) is 3.00. The Morgan fingerprint density at radius 2 is 2.19 bits per heavy atom. The van der Waals surface area contributed by atoms with Crippen LogP contribution in [-0.2, 0) is 12.8 Å². The van der Waals surface area contributed by atoms with Crippen LogP contribution in [0.15, 0.2) is 6.07 Å². The summed E-state index contributed by atoms with van der Waals surface area (Å²) in [6.07, 6.45) is 5.45. The number of nitrogens with two attached hydrogens (primary N) is 1. The monoisotopic (exact) mass is 237 g/mol. The fourth-order valence-corrected chi connectivity index (χ4v) is 3.23. The molecule has 2 nitrogen and oxygen atoms in total. The molecule has 0 radical (unpaired) electrons. The van der Waals surface area contributed by atoms with Gasteiger partial charge in [0.05, 0.1) is 6.61 Å². The van der Waals surface area contributed by atoms with E-state index in [9.17, 15) is 0 Å². The summed E-state index contributed by atoms with van der Waals surface area (Å²) in [5, 5.41) is 0.841. The largest absolute Gasteiger partial charge is 0.493 e. The van der Waals surface area contributed by atoms with E-state index in [4.69, 9.17) is 22.1 Å². The van der Waals surface area contributed by atoms with Crippen LogP contribution in [0.1, 0.15) is 42.0 Å². The zero-order valence-electron chi connectivity index (χ0n) is 9.26. The molecule has 0 fully saturated rings. The van der Waals surface area contributed by atoms with E-state index >= 15 is 0 Å². The lowest BCUT2D eigenvalue weighted by atomic mass is 9.95. The molecule has 1 aliphatic carbocycles. The van der Waals surface area contributed by atoms with Crippen LogP contribution in [-0.4, -0.2) is 6.61 Å². The quantitative estimate of drug-likeness (QED) is 0.704. The Hall–Kier alpha value is -0.730. The summed E-state index contributed by atoms with van der Waals surface area (Å²) in [5.41, 5.74) is 9.88. The van der Waals surface area contributed by atoms with Gasteiger partial charge in [0, 0.05) is 23.0 Å². The Kier molecular flexibility index (Phi) is 2.56. The van der Waals surface area contributed by atoms with Gasteiger partial charge in [-0.3, -0.25) is 0 Å². The number of fused-ring (bicyclic) bond motifs is 3. The molecule has 86 valence electrons. The number of benzene rings is 1. The van der Waals surface area contributed by atoms with Crippen LogP contribution in [0.4, 0.5) is 0 Å². The molecule has 3 heteroatoms. The highest BCUT2D eigenvalue weighted by atomic mass is 35.5. The van der Waals surface area contributed by atoms with Gasteiger partial charge in [-0.15, -0.1) is 0 Å². The van der Waals surface area contributed by atoms with Crippen molar-refractivity contribution in [3.05, 3.63) is 27.8 Å². The number of hydrogen-bond acceptors (Lipinski definition) is 2. The maximum atomic E-state index is 6.36. The summed E-state index contributed by atoms with van der Waals surface area (Å²) in [4.78, 5) is 0. The van der Waals surface area contributed by atoms with Crippen molar-refractivity contribution < 1.29 is 4.74 Å². The fraction of sp³-hybridized carbons (Fsp3) is 0.538. The summed E-state index contributed by atoms with van der Waals surface area (Å²) in [5.74, 6) is 1.08. The third-order valence-corrected chi connectivity index (χ3v) is 3.94.